The number of halogens is 1. The molecule has 0 radical (unpaired) electrons. The Hall–Kier alpha value is -1.57. The first-order valence-electron chi connectivity index (χ1n) is 10.4. The Kier molecular flexibility index (Phi) is 7.01. The van der Waals surface area contributed by atoms with Crippen molar-refractivity contribution in [3.05, 3.63) is 16.8 Å². The smallest absolute Gasteiger partial charge is 0.409 e. The largest absolute Gasteiger partial charge is 0.446 e. The minimum atomic E-state index is -0.709. The maximum Gasteiger partial charge on any atom is 0.409 e. The van der Waals surface area contributed by atoms with Crippen LogP contribution in [0.3, 0.4) is 0 Å². The Balaban J connectivity index is 1.69. The normalized spacial score (nSPS) is 24.8. The van der Waals surface area contributed by atoms with E-state index < -0.39 is 11.8 Å². The molecule has 1 aromatic heterocycles. The SMILES string of the molecule is CCCCCC(CC)OC(=O)NC12CCCC(CC1)N2C(=O)c1nc(Br)co1. The number of nitrogens with zero attached hydrogens (tertiary/aromatic N) is 2. The van der Waals surface area contributed by atoms with Crippen LogP contribution in [-0.2, 0) is 4.74 Å². The predicted molar refractivity (Wildman–Crippen MR) is 108 cm³/mol. The van der Waals surface area contributed by atoms with Gasteiger partial charge in [-0.05, 0) is 67.3 Å². The van der Waals surface area contributed by atoms with Gasteiger partial charge >= 0.3 is 12.0 Å². The number of nitrogens with one attached hydrogen (secondary N) is 1. The first-order valence-corrected chi connectivity index (χ1v) is 11.2. The number of rotatable bonds is 8. The average molecular weight is 456 g/mol. The molecule has 7 nitrogen and oxygen atoms in total. The molecule has 0 aromatic carbocycles. The van der Waals surface area contributed by atoms with Crippen LogP contribution in [0.2, 0.25) is 0 Å². The molecular formula is C20H30BrN3O4. The fourth-order valence-corrected chi connectivity index (χ4v) is 4.75. The van der Waals surface area contributed by atoms with Crippen LogP contribution in [0, 0.1) is 0 Å². The van der Waals surface area contributed by atoms with Crippen molar-refractivity contribution >= 4 is 27.9 Å². The lowest BCUT2D eigenvalue weighted by atomic mass is 9.96. The van der Waals surface area contributed by atoms with Crippen LogP contribution in [0.25, 0.3) is 0 Å². The summed E-state index contributed by atoms with van der Waals surface area (Å²) in [5.74, 6) is -0.227. The summed E-state index contributed by atoms with van der Waals surface area (Å²) >= 11 is 3.22. The van der Waals surface area contributed by atoms with Crippen molar-refractivity contribution < 1.29 is 18.7 Å². The van der Waals surface area contributed by atoms with Gasteiger partial charge in [0.1, 0.15) is 22.6 Å². The summed E-state index contributed by atoms with van der Waals surface area (Å²) in [4.78, 5) is 31.6. The van der Waals surface area contributed by atoms with E-state index >= 15 is 0 Å². The van der Waals surface area contributed by atoms with Crippen LogP contribution in [0.1, 0.15) is 88.7 Å². The summed E-state index contributed by atoms with van der Waals surface area (Å²) in [6.07, 6.45) is 10.1. The van der Waals surface area contributed by atoms with Crippen molar-refractivity contribution in [2.45, 2.75) is 95.9 Å². The van der Waals surface area contributed by atoms with Gasteiger partial charge in [-0.25, -0.2) is 4.79 Å². The second-order valence-electron chi connectivity index (χ2n) is 7.82. The summed E-state index contributed by atoms with van der Waals surface area (Å²) in [5, 5.41) is 3.05. The molecule has 3 atom stereocenters. The quantitative estimate of drug-likeness (QED) is 0.556. The molecule has 2 amide bonds. The Labute approximate surface area is 174 Å². The van der Waals surface area contributed by atoms with E-state index in [1.54, 1.807) is 4.90 Å². The molecule has 0 aliphatic carbocycles. The number of alkyl carbamates (subject to hydrolysis) is 1. The number of fused-ring (bicyclic) bond motifs is 2. The zero-order chi connectivity index (χ0) is 20.1. The lowest BCUT2D eigenvalue weighted by Gasteiger charge is -2.44. The standard InChI is InChI=1S/C20H30BrN3O4/c1-3-5-6-9-15(4-2)28-19(26)23-20-11-7-8-14(10-12-20)24(20)18(25)17-22-16(21)13-27-17/h13-15H,3-12H2,1-2H3,(H,23,26). The topological polar surface area (TPSA) is 84.7 Å². The van der Waals surface area contributed by atoms with E-state index in [1.165, 1.54) is 6.26 Å². The number of carbonyl (C=O) groups is 2. The molecule has 156 valence electrons. The predicted octanol–water partition coefficient (Wildman–Crippen LogP) is 5.01. The van der Waals surface area contributed by atoms with E-state index in [9.17, 15) is 9.59 Å². The van der Waals surface area contributed by atoms with Gasteiger partial charge in [0, 0.05) is 6.04 Å². The van der Waals surface area contributed by atoms with Gasteiger partial charge < -0.3 is 14.1 Å². The minimum Gasteiger partial charge on any atom is -0.446 e. The monoisotopic (exact) mass is 455 g/mol. The van der Waals surface area contributed by atoms with Crippen molar-refractivity contribution in [1.82, 2.24) is 15.2 Å². The van der Waals surface area contributed by atoms with Crippen LogP contribution >= 0.6 is 15.9 Å². The highest BCUT2D eigenvalue weighted by Crippen LogP contribution is 2.43. The number of unbranched alkanes of at least 4 members (excludes halogenated alkanes) is 2. The van der Waals surface area contributed by atoms with Crippen LogP contribution in [0.5, 0.6) is 0 Å². The van der Waals surface area contributed by atoms with Crippen LogP contribution < -0.4 is 5.32 Å². The Morgan fingerprint density at radius 3 is 2.89 bits per heavy atom. The van der Waals surface area contributed by atoms with Gasteiger partial charge in [-0.15, -0.1) is 0 Å². The number of carbonyl (C=O) groups excluding carboxylic acids is 2. The number of ether oxygens (including phenoxy) is 1. The molecule has 1 N–H and O–H groups in total. The third-order valence-electron chi connectivity index (χ3n) is 5.92. The van der Waals surface area contributed by atoms with Gasteiger partial charge in [-0.3, -0.25) is 10.1 Å². The molecule has 0 spiro atoms. The zero-order valence-corrected chi connectivity index (χ0v) is 18.3. The molecule has 2 aliphatic heterocycles. The second kappa shape index (κ2) is 9.29. The van der Waals surface area contributed by atoms with Gasteiger partial charge in [0.05, 0.1) is 0 Å². The number of hydrogen-bond acceptors (Lipinski definition) is 5. The van der Waals surface area contributed by atoms with E-state index in [0.717, 1.165) is 64.2 Å². The molecule has 2 fully saturated rings. The van der Waals surface area contributed by atoms with E-state index in [4.69, 9.17) is 9.15 Å². The second-order valence-corrected chi connectivity index (χ2v) is 8.64. The number of amides is 2. The molecule has 28 heavy (non-hydrogen) atoms. The third kappa shape index (κ3) is 4.53. The molecule has 8 heteroatoms. The molecule has 3 rings (SSSR count). The Morgan fingerprint density at radius 1 is 1.39 bits per heavy atom. The van der Waals surface area contributed by atoms with Crippen molar-refractivity contribution in [2.24, 2.45) is 0 Å². The van der Waals surface area contributed by atoms with E-state index in [-0.39, 0.29) is 23.9 Å². The number of hydrogen-bond donors (Lipinski definition) is 1. The summed E-state index contributed by atoms with van der Waals surface area (Å²) in [6.45, 7) is 4.19. The minimum absolute atomic E-state index is 0.0474. The van der Waals surface area contributed by atoms with E-state index in [1.807, 2.05) is 6.92 Å². The molecule has 0 saturated carbocycles. The first-order chi connectivity index (χ1) is 13.5. The zero-order valence-electron chi connectivity index (χ0n) is 16.7. The average Bonchev–Trinajstić information content (AvgIpc) is 3.19. The van der Waals surface area contributed by atoms with Crippen LogP contribution in [-0.4, -0.2) is 39.7 Å². The third-order valence-corrected chi connectivity index (χ3v) is 6.28. The van der Waals surface area contributed by atoms with Crippen LogP contribution in [0.4, 0.5) is 4.79 Å². The Bertz CT molecular complexity index is 691. The lowest BCUT2D eigenvalue weighted by molar-refractivity contribution is 0.0115. The van der Waals surface area contributed by atoms with Gasteiger partial charge in [-0.1, -0.05) is 26.7 Å². The highest BCUT2D eigenvalue weighted by atomic mass is 79.9. The van der Waals surface area contributed by atoms with Gasteiger partial charge in [-0.2, -0.15) is 4.98 Å². The molecule has 2 aliphatic rings. The maximum atomic E-state index is 13.1. The number of aromatic nitrogens is 1. The molecule has 2 bridgehead atoms. The molecule has 2 saturated heterocycles. The molecule has 1 aromatic rings. The van der Waals surface area contributed by atoms with Crippen molar-refractivity contribution in [3.8, 4) is 0 Å². The van der Waals surface area contributed by atoms with Crippen LogP contribution in [0.15, 0.2) is 15.3 Å². The first kappa shape index (κ1) is 21.1. The fourth-order valence-electron chi connectivity index (χ4n) is 4.49. The highest BCUT2D eigenvalue weighted by molar-refractivity contribution is 9.10. The fraction of sp³-hybridized carbons (Fsp3) is 0.750. The molecule has 3 unspecified atom stereocenters. The maximum absolute atomic E-state index is 13.1. The van der Waals surface area contributed by atoms with Crippen molar-refractivity contribution in [1.29, 1.82) is 0 Å². The Morgan fingerprint density at radius 2 is 2.21 bits per heavy atom. The van der Waals surface area contributed by atoms with Gasteiger partial charge in [0.15, 0.2) is 0 Å². The van der Waals surface area contributed by atoms with E-state index in [2.05, 4.69) is 33.2 Å². The highest BCUT2D eigenvalue weighted by Gasteiger charge is 2.53. The summed E-state index contributed by atoms with van der Waals surface area (Å²) in [7, 11) is 0. The summed E-state index contributed by atoms with van der Waals surface area (Å²) in [6, 6.07) is 0.0961. The number of piperidine rings is 1. The lowest BCUT2D eigenvalue weighted by Crippen LogP contribution is -2.63. The van der Waals surface area contributed by atoms with Crippen molar-refractivity contribution in [3.63, 3.8) is 0 Å². The van der Waals surface area contributed by atoms with Crippen molar-refractivity contribution in [2.75, 3.05) is 0 Å². The molecule has 3 heterocycles. The number of oxazole rings is 1. The van der Waals surface area contributed by atoms with Gasteiger partial charge in [0.2, 0.25) is 0 Å². The summed E-state index contributed by atoms with van der Waals surface area (Å²) < 4.78 is 11.5. The van der Waals surface area contributed by atoms with Gasteiger partial charge in [0.25, 0.3) is 5.89 Å². The summed E-state index contributed by atoms with van der Waals surface area (Å²) in [5.41, 5.74) is -0.709. The molecular weight excluding hydrogens is 426 g/mol. The van der Waals surface area contributed by atoms with E-state index in [0.29, 0.717) is 4.60 Å².